The number of nitrogens with zero attached hydrogens (tertiary/aromatic N) is 2. The third-order valence-corrected chi connectivity index (χ3v) is 2.91. The highest BCUT2D eigenvalue weighted by Crippen LogP contribution is 2.25. The quantitative estimate of drug-likeness (QED) is 0.585. The number of rotatable bonds is 4. The summed E-state index contributed by atoms with van der Waals surface area (Å²) in [5.74, 6) is 0.0364. The third kappa shape index (κ3) is 4.34. The molecule has 0 saturated heterocycles. The summed E-state index contributed by atoms with van der Waals surface area (Å²) in [5, 5.41) is 8.38. The molecule has 0 aliphatic carbocycles. The van der Waals surface area contributed by atoms with E-state index in [-0.39, 0.29) is 0 Å². The molecule has 0 radical (unpaired) electrons. The van der Waals surface area contributed by atoms with Gasteiger partial charge in [-0.3, -0.25) is 10.2 Å². The van der Waals surface area contributed by atoms with Crippen molar-refractivity contribution < 1.29 is 19.4 Å². The number of amides is 2. The molecule has 8 nitrogen and oxygen atoms in total. The van der Waals surface area contributed by atoms with E-state index < -0.39 is 12.0 Å². The lowest BCUT2D eigenvalue weighted by atomic mass is 10.1. The first kappa shape index (κ1) is 16.1. The van der Waals surface area contributed by atoms with Gasteiger partial charge in [-0.1, -0.05) is 6.07 Å². The molecule has 1 heterocycles. The second-order valence-corrected chi connectivity index (χ2v) is 4.61. The minimum absolute atomic E-state index is 0.583. The molecule has 23 heavy (non-hydrogen) atoms. The summed E-state index contributed by atoms with van der Waals surface area (Å²) in [6.45, 7) is 1.89. The van der Waals surface area contributed by atoms with Crippen molar-refractivity contribution in [2.75, 3.05) is 7.11 Å². The normalized spacial score (nSPS) is 10.5. The summed E-state index contributed by atoms with van der Waals surface area (Å²) >= 11 is 0. The smallest absolute Gasteiger partial charge is 0.423 e. The van der Waals surface area contributed by atoms with Gasteiger partial charge in [0.25, 0.3) is 5.91 Å². The van der Waals surface area contributed by atoms with Crippen molar-refractivity contribution in [1.29, 1.82) is 0 Å². The Hall–Kier alpha value is -3.29. The van der Waals surface area contributed by atoms with Crippen LogP contribution in [0.4, 0.5) is 4.79 Å². The number of imidazole rings is 1. The number of hydrazine groups is 1. The molecule has 0 unspecified atom stereocenters. The SMILES string of the molecule is COc1cc(C=CC(=O)NNC(=O)O)ccc1-n1cnc(C)c1. The zero-order chi connectivity index (χ0) is 16.8. The van der Waals surface area contributed by atoms with Gasteiger partial charge in [0.1, 0.15) is 5.75 Å². The summed E-state index contributed by atoms with van der Waals surface area (Å²) < 4.78 is 7.20. The number of aryl methyl sites for hydroxylation is 1. The Morgan fingerprint density at radius 1 is 1.35 bits per heavy atom. The maximum Gasteiger partial charge on any atom is 0.423 e. The second kappa shape index (κ2) is 7.12. The van der Waals surface area contributed by atoms with E-state index in [9.17, 15) is 9.59 Å². The molecule has 1 aromatic heterocycles. The number of methoxy groups -OCH3 is 1. The van der Waals surface area contributed by atoms with Crippen LogP contribution in [0.2, 0.25) is 0 Å². The fourth-order valence-electron chi connectivity index (χ4n) is 1.89. The van der Waals surface area contributed by atoms with Crippen molar-refractivity contribution in [2.24, 2.45) is 0 Å². The summed E-state index contributed by atoms with van der Waals surface area (Å²) in [4.78, 5) is 25.8. The molecule has 0 spiro atoms. The van der Waals surface area contributed by atoms with Crippen LogP contribution < -0.4 is 15.6 Å². The topological polar surface area (TPSA) is 105 Å². The average Bonchev–Trinajstić information content (AvgIpc) is 2.96. The maximum atomic E-state index is 11.4. The minimum Gasteiger partial charge on any atom is -0.495 e. The number of nitrogens with one attached hydrogen (secondary N) is 2. The fraction of sp³-hybridized carbons (Fsp3) is 0.133. The number of carboxylic acid groups (broad SMARTS) is 1. The molecular weight excluding hydrogens is 300 g/mol. The van der Waals surface area contributed by atoms with Crippen molar-refractivity contribution >= 4 is 18.1 Å². The Balaban J connectivity index is 2.16. The van der Waals surface area contributed by atoms with Crippen LogP contribution in [0.15, 0.2) is 36.8 Å². The van der Waals surface area contributed by atoms with Crippen LogP contribution >= 0.6 is 0 Å². The Morgan fingerprint density at radius 3 is 2.74 bits per heavy atom. The van der Waals surface area contributed by atoms with Gasteiger partial charge in [0.15, 0.2) is 0 Å². The van der Waals surface area contributed by atoms with E-state index in [0.717, 1.165) is 16.9 Å². The lowest BCUT2D eigenvalue weighted by Gasteiger charge is -2.10. The van der Waals surface area contributed by atoms with E-state index >= 15 is 0 Å². The molecule has 0 aliphatic heterocycles. The molecule has 2 aromatic rings. The molecule has 2 amide bonds. The predicted molar refractivity (Wildman–Crippen MR) is 83.2 cm³/mol. The number of carbonyl (C=O) groups excluding carboxylic acids is 1. The maximum absolute atomic E-state index is 11.4. The lowest BCUT2D eigenvalue weighted by molar-refractivity contribution is -0.117. The van der Waals surface area contributed by atoms with Crippen LogP contribution in [0.25, 0.3) is 11.8 Å². The van der Waals surface area contributed by atoms with Gasteiger partial charge in [-0.05, 0) is 30.7 Å². The van der Waals surface area contributed by atoms with Crippen LogP contribution in [-0.2, 0) is 4.79 Å². The van der Waals surface area contributed by atoms with Crippen LogP contribution in [0.3, 0.4) is 0 Å². The summed E-state index contributed by atoms with van der Waals surface area (Å²) in [6, 6.07) is 5.41. The van der Waals surface area contributed by atoms with Crippen LogP contribution in [0.1, 0.15) is 11.3 Å². The molecule has 3 N–H and O–H groups in total. The van der Waals surface area contributed by atoms with Gasteiger partial charge in [0, 0.05) is 12.3 Å². The van der Waals surface area contributed by atoms with Gasteiger partial charge in [-0.15, -0.1) is 0 Å². The lowest BCUT2D eigenvalue weighted by Crippen LogP contribution is -2.39. The molecule has 2 rings (SSSR count). The first-order valence-corrected chi connectivity index (χ1v) is 6.65. The molecule has 0 atom stereocenters. The van der Waals surface area contributed by atoms with Crippen LogP contribution in [-0.4, -0.2) is 33.8 Å². The van der Waals surface area contributed by atoms with E-state index in [4.69, 9.17) is 9.84 Å². The molecule has 0 aliphatic rings. The molecule has 0 bridgehead atoms. The first-order chi connectivity index (χ1) is 11.0. The van der Waals surface area contributed by atoms with E-state index in [1.807, 2.05) is 35.2 Å². The van der Waals surface area contributed by atoms with Crippen molar-refractivity contribution in [2.45, 2.75) is 6.92 Å². The zero-order valence-corrected chi connectivity index (χ0v) is 12.6. The monoisotopic (exact) mass is 316 g/mol. The first-order valence-electron chi connectivity index (χ1n) is 6.65. The number of ether oxygens (including phenoxy) is 1. The molecule has 120 valence electrons. The van der Waals surface area contributed by atoms with E-state index in [2.05, 4.69) is 4.98 Å². The predicted octanol–water partition coefficient (Wildman–Crippen LogP) is 1.50. The molecule has 8 heteroatoms. The number of carbonyl (C=O) groups is 2. The van der Waals surface area contributed by atoms with Crippen molar-refractivity contribution in [3.63, 3.8) is 0 Å². The van der Waals surface area contributed by atoms with E-state index in [1.165, 1.54) is 6.08 Å². The van der Waals surface area contributed by atoms with Gasteiger partial charge in [0.2, 0.25) is 0 Å². The number of hydrogen-bond donors (Lipinski definition) is 3. The Morgan fingerprint density at radius 2 is 2.13 bits per heavy atom. The Kier molecular flexibility index (Phi) is 4.98. The van der Waals surface area contributed by atoms with E-state index in [1.54, 1.807) is 31.0 Å². The molecule has 0 fully saturated rings. The van der Waals surface area contributed by atoms with Gasteiger partial charge >= 0.3 is 6.09 Å². The van der Waals surface area contributed by atoms with Crippen molar-refractivity contribution in [1.82, 2.24) is 20.4 Å². The van der Waals surface area contributed by atoms with Gasteiger partial charge in [-0.25, -0.2) is 15.2 Å². The number of benzene rings is 1. The average molecular weight is 316 g/mol. The zero-order valence-electron chi connectivity index (χ0n) is 12.6. The summed E-state index contributed by atoms with van der Waals surface area (Å²) in [7, 11) is 1.56. The Bertz CT molecular complexity index is 752. The summed E-state index contributed by atoms with van der Waals surface area (Å²) in [6.07, 6.45) is 4.98. The number of hydrogen-bond acceptors (Lipinski definition) is 4. The summed E-state index contributed by atoms with van der Waals surface area (Å²) in [5.41, 5.74) is 6.21. The van der Waals surface area contributed by atoms with Crippen molar-refractivity contribution in [3.8, 4) is 11.4 Å². The highest BCUT2D eigenvalue weighted by Gasteiger charge is 2.06. The number of aromatic nitrogens is 2. The van der Waals surface area contributed by atoms with Gasteiger partial charge in [-0.2, -0.15) is 0 Å². The standard InChI is InChI=1S/C15H16N4O4/c1-10-8-19(9-16-10)12-5-3-11(7-13(12)23-2)4-6-14(20)17-18-15(21)22/h3-9,18H,1-2H3,(H,17,20)(H,21,22). The van der Waals surface area contributed by atoms with Crippen LogP contribution in [0.5, 0.6) is 5.75 Å². The van der Waals surface area contributed by atoms with Gasteiger partial charge < -0.3 is 14.4 Å². The third-order valence-electron chi connectivity index (χ3n) is 2.91. The van der Waals surface area contributed by atoms with Gasteiger partial charge in [0.05, 0.1) is 24.8 Å². The molecule has 1 aromatic carbocycles. The highest BCUT2D eigenvalue weighted by molar-refractivity contribution is 5.92. The molecule has 0 saturated carbocycles. The Labute approximate surface area is 132 Å². The molecular formula is C15H16N4O4. The fourth-order valence-corrected chi connectivity index (χ4v) is 1.89. The minimum atomic E-state index is -1.34. The largest absolute Gasteiger partial charge is 0.495 e. The van der Waals surface area contributed by atoms with Crippen molar-refractivity contribution in [3.05, 3.63) is 48.1 Å². The highest BCUT2D eigenvalue weighted by atomic mass is 16.5. The van der Waals surface area contributed by atoms with E-state index in [0.29, 0.717) is 5.75 Å². The second-order valence-electron chi connectivity index (χ2n) is 4.61. The van der Waals surface area contributed by atoms with Crippen LogP contribution in [0, 0.1) is 6.92 Å².